The first-order chi connectivity index (χ1) is 10.6. The van der Waals surface area contributed by atoms with Crippen LogP contribution < -0.4 is 4.90 Å². The molecule has 0 bridgehead atoms. The number of carbonyl (C=O) groups is 1. The number of rotatable bonds is 5. The summed E-state index contributed by atoms with van der Waals surface area (Å²) in [6, 6.07) is 1.95. The molecule has 1 aromatic heterocycles. The van der Waals surface area contributed by atoms with Crippen molar-refractivity contribution in [1.82, 2.24) is 9.97 Å². The van der Waals surface area contributed by atoms with Gasteiger partial charge in [0.2, 0.25) is 0 Å². The number of ether oxygens (including phenoxy) is 1. The lowest BCUT2D eigenvalue weighted by Crippen LogP contribution is -2.40. The van der Waals surface area contributed by atoms with Crippen LogP contribution in [0.15, 0.2) is 12.3 Å². The van der Waals surface area contributed by atoms with E-state index >= 15 is 0 Å². The molecule has 0 amide bonds. The second kappa shape index (κ2) is 5.86. The molecule has 1 saturated carbocycles. The zero-order chi connectivity index (χ0) is 15.7. The lowest BCUT2D eigenvalue weighted by Gasteiger charge is -2.31. The van der Waals surface area contributed by atoms with E-state index in [1.165, 1.54) is 12.8 Å². The van der Waals surface area contributed by atoms with Crippen molar-refractivity contribution in [1.29, 1.82) is 0 Å². The second-order valence-corrected chi connectivity index (χ2v) is 6.75. The molecule has 2 fully saturated rings. The molecule has 0 N–H and O–H groups in total. The number of esters is 1. The summed E-state index contributed by atoms with van der Waals surface area (Å²) < 4.78 is 5.35. The molecular formula is C17H25N3O2. The third-order valence-corrected chi connectivity index (χ3v) is 5.01. The molecule has 5 heteroatoms. The number of nitrogens with zero attached hydrogens (tertiary/aromatic N) is 3. The maximum Gasteiger partial charge on any atom is 0.314 e. The zero-order valence-corrected chi connectivity index (χ0v) is 13.7. The van der Waals surface area contributed by atoms with Crippen LogP contribution in [0.1, 0.15) is 51.8 Å². The van der Waals surface area contributed by atoms with Crippen LogP contribution in [0.3, 0.4) is 0 Å². The Morgan fingerprint density at radius 1 is 1.50 bits per heavy atom. The van der Waals surface area contributed by atoms with Crippen molar-refractivity contribution in [3.8, 4) is 0 Å². The minimum Gasteiger partial charge on any atom is -0.466 e. The van der Waals surface area contributed by atoms with Crippen LogP contribution in [0.5, 0.6) is 0 Å². The number of hydrogen-bond acceptors (Lipinski definition) is 5. The molecule has 2 heterocycles. The molecule has 0 aromatic carbocycles. The average Bonchev–Trinajstić information content (AvgIpc) is 3.25. The van der Waals surface area contributed by atoms with E-state index in [1.54, 1.807) is 0 Å². The largest absolute Gasteiger partial charge is 0.466 e. The van der Waals surface area contributed by atoms with Gasteiger partial charge in [-0.1, -0.05) is 13.8 Å². The average molecular weight is 303 g/mol. The normalized spacial score (nSPS) is 24.8. The van der Waals surface area contributed by atoms with Crippen LogP contribution in [0.2, 0.25) is 0 Å². The highest BCUT2D eigenvalue weighted by Crippen LogP contribution is 2.42. The zero-order valence-electron chi connectivity index (χ0n) is 13.7. The van der Waals surface area contributed by atoms with Crippen LogP contribution in [-0.2, 0) is 9.53 Å². The Balaban J connectivity index is 1.80. The molecule has 1 saturated heterocycles. The highest BCUT2D eigenvalue weighted by Gasteiger charge is 2.48. The van der Waals surface area contributed by atoms with Crippen LogP contribution in [0.4, 0.5) is 5.82 Å². The monoisotopic (exact) mass is 303 g/mol. The first-order valence-electron chi connectivity index (χ1n) is 8.32. The predicted molar refractivity (Wildman–Crippen MR) is 84.7 cm³/mol. The van der Waals surface area contributed by atoms with Crippen molar-refractivity contribution in [3.05, 3.63) is 18.1 Å². The summed E-state index contributed by atoms with van der Waals surface area (Å²) in [5.74, 6) is 2.63. The Labute approximate surface area is 132 Å². The SMILES string of the molecule is CCOC(=O)C1(C(C)C)CCN(c2ccnc(C3CC3)n2)C1. The van der Waals surface area contributed by atoms with Crippen molar-refractivity contribution in [2.45, 2.75) is 46.0 Å². The molecule has 1 aliphatic heterocycles. The van der Waals surface area contributed by atoms with Crippen molar-refractivity contribution >= 4 is 11.8 Å². The van der Waals surface area contributed by atoms with Gasteiger partial charge in [-0.05, 0) is 38.2 Å². The third kappa shape index (κ3) is 2.69. The molecule has 2 aliphatic rings. The van der Waals surface area contributed by atoms with Gasteiger partial charge < -0.3 is 9.64 Å². The summed E-state index contributed by atoms with van der Waals surface area (Å²) >= 11 is 0. The lowest BCUT2D eigenvalue weighted by atomic mass is 9.76. The molecular weight excluding hydrogens is 278 g/mol. The van der Waals surface area contributed by atoms with Gasteiger partial charge in [-0.2, -0.15) is 0 Å². The summed E-state index contributed by atoms with van der Waals surface area (Å²) in [6.45, 7) is 8.05. The first kappa shape index (κ1) is 15.3. The fraction of sp³-hybridized carbons (Fsp3) is 0.706. The van der Waals surface area contributed by atoms with Gasteiger partial charge in [0.15, 0.2) is 0 Å². The third-order valence-electron chi connectivity index (χ3n) is 5.01. The topological polar surface area (TPSA) is 55.3 Å². The molecule has 0 spiro atoms. The minimum absolute atomic E-state index is 0.0658. The van der Waals surface area contributed by atoms with E-state index in [0.717, 1.165) is 24.6 Å². The molecule has 22 heavy (non-hydrogen) atoms. The van der Waals surface area contributed by atoms with Crippen LogP contribution >= 0.6 is 0 Å². The number of aromatic nitrogens is 2. The van der Waals surface area contributed by atoms with E-state index in [0.29, 0.717) is 19.1 Å². The summed E-state index contributed by atoms with van der Waals surface area (Å²) in [6.07, 6.45) is 5.06. The standard InChI is InChI=1S/C17H25N3O2/c1-4-22-16(21)17(12(2)3)8-10-20(11-17)14-7-9-18-15(19-14)13-5-6-13/h7,9,12-13H,4-6,8,10-11H2,1-3H3. The molecule has 5 nitrogen and oxygen atoms in total. The summed E-state index contributed by atoms with van der Waals surface area (Å²) in [5.41, 5.74) is -0.416. The Bertz CT molecular complexity index is 557. The van der Waals surface area contributed by atoms with Crippen molar-refractivity contribution in [2.75, 3.05) is 24.6 Å². The number of carbonyl (C=O) groups excluding carboxylic acids is 1. The molecule has 1 aromatic rings. The Hall–Kier alpha value is -1.65. The van der Waals surface area contributed by atoms with E-state index < -0.39 is 5.41 Å². The van der Waals surface area contributed by atoms with Crippen molar-refractivity contribution in [3.63, 3.8) is 0 Å². The summed E-state index contributed by atoms with van der Waals surface area (Å²) in [7, 11) is 0. The molecule has 0 radical (unpaired) electrons. The van der Waals surface area contributed by atoms with Crippen molar-refractivity contribution in [2.24, 2.45) is 11.3 Å². The highest BCUT2D eigenvalue weighted by atomic mass is 16.5. The van der Waals surface area contributed by atoms with E-state index in [9.17, 15) is 4.79 Å². The molecule has 3 rings (SSSR count). The fourth-order valence-electron chi connectivity index (χ4n) is 3.26. The van der Waals surface area contributed by atoms with Crippen LogP contribution in [-0.4, -0.2) is 35.6 Å². The Kier molecular flexibility index (Phi) is 4.06. The lowest BCUT2D eigenvalue weighted by molar-refractivity contribution is -0.156. The highest BCUT2D eigenvalue weighted by molar-refractivity contribution is 5.79. The van der Waals surface area contributed by atoms with Gasteiger partial charge in [0.25, 0.3) is 0 Å². The summed E-state index contributed by atoms with van der Waals surface area (Å²) in [4.78, 5) is 23.8. The van der Waals surface area contributed by atoms with Crippen molar-refractivity contribution < 1.29 is 9.53 Å². The van der Waals surface area contributed by atoms with E-state index in [-0.39, 0.29) is 11.9 Å². The molecule has 1 atom stereocenters. The van der Waals surface area contributed by atoms with E-state index in [2.05, 4.69) is 23.7 Å². The fourth-order valence-corrected chi connectivity index (χ4v) is 3.26. The van der Waals surface area contributed by atoms with E-state index in [1.807, 2.05) is 19.2 Å². The minimum atomic E-state index is -0.416. The van der Waals surface area contributed by atoms with E-state index in [4.69, 9.17) is 9.72 Å². The molecule has 1 aliphatic carbocycles. The Morgan fingerprint density at radius 3 is 2.91 bits per heavy atom. The quantitative estimate of drug-likeness (QED) is 0.783. The maximum atomic E-state index is 12.5. The number of hydrogen-bond donors (Lipinski definition) is 0. The molecule has 1 unspecified atom stereocenters. The van der Waals surface area contributed by atoms with Gasteiger partial charge in [0.05, 0.1) is 12.0 Å². The first-order valence-corrected chi connectivity index (χ1v) is 8.32. The van der Waals surface area contributed by atoms with Crippen LogP contribution in [0.25, 0.3) is 0 Å². The maximum absolute atomic E-state index is 12.5. The van der Waals surface area contributed by atoms with Gasteiger partial charge in [-0.15, -0.1) is 0 Å². The van der Waals surface area contributed by atoms with Gasteiger partial charge in [-0.3, -0.25) is 4.79 Å². The smallest absolute Gasteiger partial charge is 0.314 e. The number of anilines is 1. The van der Waals surface area contributed by atoms with Crippen LogP contribution in [0, 0.1) is 11.3 Å². The summed E-state index contributed by atoms with van der Waals surface area (Å²) in [5, 5.41) is 0. The van der Waals surface area contributed by atoms with Gasteiger partial charge in [0.1, 0.15) is 11.6 Å². The Morgan fingerprint density at radius 2 is 2.27 bits per heavy atom. The van der Waals surface area contributed by atoms with Gasteiger partial charge in [-0.25, -0.2) is 9.97 Å². The second-order valence-electron chi connectivity index (χ2n) is 6.75. The van der Waals surface area contributed by atoms with Gasteiger partial charge in [0, 0.05) is 25.2 Å². The van der Waals surface area contributed by atoms with Gasteiger partial charge >= 0.3 is 5.97 Å². The predicted octanol–water partition coefficient (Wildman–Crippen LogP) is 2.77. The molecule has 120 valence electrons.